The van der Waals surface area contributed by atoms with Gasteiger partial charge in [0.05, 0.1) is 6.04 Å². The molecule has 0 aliphatic heterocycles. The Balaban J connectivity index is 2.39. The molecule has 1 rings (SSSR count). The number of anilines is 1. The van der Waals surface area contributed by atoms with Crippen molar-refractivity contribution < 1.29 is 9.59 Å². The lowest BCUT2D eigenvalue weighted by Gasteiger charge is -2.08. The zero-order valence-electron chi connectivity index (χ0n) is 10.7. The Kier molecular flexibility index (Phi) is 5.32. The first-order chi connectivity index (χ1) is 8.49. The zero-order valence-corrected chi connectivity index (χ0v) is 10.7. The molecule has 0 aromatic heterocycles. The number of carbonyl (C=O) groups is 2. The monoisotopic (exact) mass is 249 g/mol. The molecular formula is C13H19N3O2. The van der Waals surface area contributed by atoms with Crippen molar-refractivity contribution in [3.63, 3.8) is 0 Å². The molecule has 0 bridgehead atoms. The van der Waals surface area contributed by atoms with Crippen LogP contribution in [0.4, 0.5) is 5.69 Å². The first-order valence-electron chi connectivity index (χ1n) is 5.89. The highest BCUT2D eigenvalue weighted by Gasteiger charge is 2.05. The predicted molar refractivity (Wildman–Crippen MR) is 71.1 cm³/mol. The van der Waals surface area contributed by atoms with Crippen LogP contribution >= 0.6 is 0 Å². The highest BCUT2D eigenvalue weighted by Crippen LogP contribution is 2.09. The largest absolute Gasteiger partial charge is 0.354 e. The summed E-state index contributed by atoms with van der Waals surface area (Å²) < 4.78 is 0. The Morgan fingerprint density at radius 3 is 2.39 bits per heavy atom. The summed E-state index contributed by atoms with van der Waals surface area (Å²) in [6.07, 6.45) is 0.735. The molecule has 0 radical (unpaired) electrons. The topological polar surface area (TPSA) is 84.2 Å². The van der Waals surface area contributed by atoms with E-state index < -0.39 is 6.04 Å². The molecule has 5 heteroatoms. The van der Waals surface area contributed by atoms with Gasteiger partial charge in [0.2, 0.25) is 11.8 Å². The van der Waals surface area contributed by atoms with E-state index in [0.29, 0.717) is 6.54 Å². The standard InChI is InChI=1S/C13H19N3O2/c1-9(14)13(18)15-8-7-11-3-5-12(6-4-11)16-10(2)17/h3-6,9H,7-8,14H2,1-2H3,(H,15,18)(H,16,17)/t9-/m0/s1. The van der Waals surface area contributed by atoms with Crippen LogP contribution in [-0.4, -0.2) is 24.4 Å². The second-order valence-electron chi connectivity index (χ2n) is 4.21. The van der Waals surface area contributed by atoms with E-state index in [1.807, 2.05) is 24.3 Å². The van der Waals surface area contributed by atoms with Crippen LogP contribution < -0.4 is 16.4 Å². The van der Waals surface area contributed by atoms with Gasteiger partial charge >= 0.3 is 0 Å². The Morgan fingerprint density at radius 2 is 1.89 bits per heavy atom. The van der Waals surface area contributed by atoms with Gasteiger partial charge in [-0.25, -0.2) is 0 Å². The second-order valence-corrected chi connectivity index (χ2v) is 4.21. The minimum atomic E-state index is -0.479. The fraction of sp³-hybridized carbons (Fsp3) is 0.385. The molecule has 0 heterocycles. The number of hydrogen-bond donors (Lipinski definition) is 3. The van der Waals surface area contributed by atoms with E-state index in [2.05, 4.69) is 10.6 Å². The first-order valence-corrected chi connectivity index (χ1v) is 5.89. The Morgan fingerprint density at radius 1 is 1.28 bits per heavy atom. The average Bonchev–Trinajstić information content (AvgIpc) is 2.30. The van der Waals surface area contributed by atoms with Crippen LogP contribution in [0.15, 0.2) is 24.3 Å². The number of hydrogen-bond acceptors (Lipinski definition) is 3. The summed E-state index contributed by atoms with van der Waals surface area (Å²) in [6.45, 7) is 3.68. The molecule has 0 saturated heterocycles. The molecule has 1 aromatic carbocycles. The molecule has 2 amide bonds. The van der Waals surface area contributed by atoms with E-state index in [4.69, 9.17) is 5.73 Å². The molecule has 0 saturated carbocycles. The number of carbonyl (C=O) groups excluding carboxylic acids is 2. The molecule has 0 spiro atoms. The van der Waals surface area contributed by atoms with Crippen molar-refractivity contribution in [3.05, 3.63) is 29.8 Å². The fourth-order valence-corrected chi connectivity index (χ4v) is 1.45. The van der Waals surface area contributed by atoms with Gasteiger partial charge in [0, 0.05) is 19.2 Å². The quantitative estimate of drug-likeness (QED) is 0.716. The van der Waals surface area contributed by atoms with Crippen LogP contribution in [0.3, 0.4) is 0 Å². The summed E-state index contributed by atoms with van der Waals surface area (Å²) in [4.78, 5) is 22.1. The maximum absolute atomic E-state index is 11.2. The summed E-state index contributed by atoms with van der Waals surface area (Å²) >= 11 is 0. The third kappa shape index (κ3) is 4.97. The highest BCUT2D eigenvalue weighted by atomic mass is 16.2. The second kappa shape index (κ2) is 6.76. The van der Waals surface area contributed by atoms with E-state index >= 15 is 0 Å². The van der Waals surface area contributed by atoms with Gasteiger partial charge in [0.25, 0.3) is 0 Å². The number of nitrogens with one attached hydrogen (secondary N) is 2. The Bertz CT molecular complexity index is 413. The van der Waals surface area contributed by atoms with Gasteiger partial charge in [0.1, 0.15) is 0 Å². The van der Waals surface area contributed by atoms with Crippen molar-refractivity contribution >= 4 is 17.5 Å². The van der Waals surface area contributed by atoms with Crippen LogP contribution in [-0.2, 0) is 16.0 Å². The lowest BCUT2D eigenvalue weighted by molar-refractivity contribution is -0.122. The number of benzene rings is 1. The lowest BCUT2D eigenvalue weighted by atomic mass is 10.1. The third-order valence-corrected chi connectivity index (χ3v) is 2.40. The Hall–Kier alpha value is -1.88. The van der Waals surface area contributed by atoms with E-state index in [-0.39, 0.29) is 11.8 Å². The average molecular weight is 249 g/mol. The van der Waals surface area contributed by atoms with Gasteiger partial charge < -0.3 is 16.4 Å². The minimum Gasteiger partial charge on any atom is -0.354 e. The SMILES string of the molecule is CC(=O)Nc1ccc(CCNC(=O)[C@H](C)N)cc1. The van der Waals surface area contributed by atoms with Crippen LogP contribution in [0.5, 0.6) is 0 Å². The van der Waals surface area contributed by atoms with E-state index in [1.54, 1.807) is 6.92 Å². The van der Waals surface area contributed by atoms with Crippen molar-refractivity contribution in [3.8, 4) is 0 Å². The maximum atomic E-state index is 11.2. The first kappa shape index (κ1) is 14.2. The minimum absolute atomic E-state index is 0.0908. The summed E-state index contributed by atoms with van der Waals surface area (Å²) in [6, 6.07) is 7.04. The van der Waals surface area contributed by atoms with Gasteiger partial charge in [0.15, 0.2) is 0 Å². The number of rotatable bonds is 5. The predicted octanol–water partition coefficient (Wildman–Crippen LogP) is 0.651. The Labute approximate surface area is 107 Å². The molecule has 4 N–H and O–H groups in total. The van der Waals surface area contributed by atoms with Crippen molar-refractivity contribution in [2.75, 3.05) is 11.9 Å². The van der Waals surface area contributed by atoms with Crippen LogP contribution in [0.2, 0.25) is 0 Å². The van der Waals surface area contributed by atoms with Crippen molar-refractivity contribution in [1.29, 1.82) is 0 Å². The van der Waals surface area contributed by atoms with Crippen LogP contribution in [0.1, 0.15) is 19.4 Å². The molecule has 18 heavy (non-hydrogen) atoms. The summed E-state index contributed by atoms with van der Waals surface area (Å²) in [5, 5.41) is 5.44. The lowest BCUT2D eigenvalue weighted by Crippen LogP contribution is -2.39. The number of nitrogens with two attached hydrogens (primary N) is 1. The molecule has 1 aromatic rings. The summed E-state index contributed by atoms with van der Waals surface area (Å²) in [5.41, 5.74) is 7.29. The molecule has 0 aliphatic rings. The highest BCUT2D eigenvalue weighted by molar-refractivity contribution is 5.88. The van der Waals surface area contributed by atoms with E-state index in [1.165, 1.54) is 6.92 Å². The molecule has 5 nitrogen and oxygen atoms in total. The van der Waals surface area contributed by atoms with Gasteiger partial charge in [-0.2, -0.15) is 0 Å². The smallest absolute Gasteiger partial charge is 0.236 e. The normalized spacial score (nSPS) is 11.7. The van der Waals surface area contributed by atoms with Crippen LogP contribution in [0, 0.1) is 0 Å². The van der Waals surface area contributed by atoms with Gasteiger partial charge in [-0.15, -0.1) is 0 Å². The summed E-state index contributed by atoms with van der Waals surface area (Å²) in [5.74, 6) is -0.239. The zero-order chi connectivity index (χ0) is 13.5. The van der Waals surface area contributed by atoms with E-state index in [0.717, 1.165) is 17.7 Å². The van der Waals surface area contributed by atoms with Gasteiger partial charge in [-0.1, -0.05) is 12.1 Å². The van der Waals surface area contributed by atoms with Crippen molar-refractivity contribution in [2.24, 2.45) is 5.73 Å². The van der Waals surface area contributed by atoms with Gasteiger partial charge in [-0.05, 0) is 31.0 Å². The molecule has 0 aliphatic carbocycles. The molecular weight excluding hydrogens is 230 g/mol. The number of amides is 2. The maximum Gasteiger partial charge on any atom is 0.236 e. The molecule has 1 atom stereocenters. The third-order valence-electron chi connectivity index (χ3n) is 2.40. The molecule has 98 valence electrons. The summed E-state index contributed by atoms with van der Waals surface area (Å²) in [7, 11) is 0. The van der Waals surface area contributed by atoms with Crippen molar-refractivity contribution in [1.82, 2.24) is 5.32 Å². The molecule has 0 fully saturated rings. The fourth-order valence-electron chi connectivity index (χ4n) is 1.45. The van der Waals surface area contributed by atoms with Crippen molar-refractivity contribution in [2.45, 2.75) is 26.3 Å². The molecule has 0 unspecified atom stereocenters. The van der Waals surface area contributed by atoms with Gasteiger partial charge in [-0.3, -0.25) is 9.59 Å². The van der Waals surface area contributed by atoms with Crippen LogP contribution in [0.25, 0.3) is 0 Å². The van der Waals surface area contributed by atoms with E-state index in [9.17, 15) is 9.59 Å².